The fourth-order valence-corrected chi connectivity index (χ4v) is 4.22. The molecule has 0 saturated carbocycles. The molecule has 2 aromatic heterocycles. The zero-order valence-electron chi connectivity index (χ0n) is 14.8. The van der Waals surface area contributed by atoms with Crippen LogP contribution >= 0.6 is 22.9 Å². The number of carbonyl (C=O) groups is 2. The quantitative estimate of drug-likeness (QED) is 0.692. The predicted octanol–water partition coefficient (Wildman–Crippen LogP) is 4.06. The lowest BCUT2D eigenvalue weighted by atomic mass is 9.98. The third-order valence-electron chi connectivity index (χ3n) is 4.51. The predicted molar refractivity (Wildman–Crippen MR) is 106 cm³/mol. The van der Waals surface area contributed by atoms with Crippen LogP contribution in [0.15, 0.2) is 47.1 Å². The second-order valence-electron chi connectivity index (χ2n) is 6.48. The van der Waals surface area contributed by atoms with Crippen LogP contribution in [-0.2, 0) is 0 Å². The van der Waals surface area contributed by atoms with Gasteiger partial charge in [0.15, 0.2) is 5.76 Å². The number of hydrogen-bond acceptors (Lipinski definition) is 6. The Morgan fingerprint density at radius 2 is 2.14 bits per heavy atom. The van der Waals surface area contributed by atoms with Crippen LogP contribution in [0.2, 0.25) is 5.02 Å². The lowest BCUT2D eigenvalue weighted by Gasteiger charge is -2.30. The van der Waals surface area contributed by atoms with E-state index in [-0.39, 0.29) is 22.7 Å². The van der Waals surface area contributed by atoms with Gasteiger partial charge in [0.1, 0.15) is 5.01 Å². The molecule has 0 spiro atoms. The summed E-state index contributed by atoms with van der Waals surface area (Å²) in [7, 11) is 0. The minimum absolute atomic E-state index is 0.0536. The van der Waals surface area contributed by atoms with Gasteiger partial charge in [-0.1, -0.05) is 29.0 Å². The molecule has 1 saturated heterocycles. The maximum absolute atomic E-state index is 12.5. The highest BCUT2D eigenvalue weighted by atomic mass is 35.5. The van der Waals surface area contributed by atoms with E-state index in [1.807, 2.05) is 0 Å². The molecule has 1 aromatic carbocycles. The van der Waals surface area contributed by atoms with Crippen molar-refractivity contribution in [1.82, 2.24) is 15.1 Å². The largest absolute Gasteiger partial charge is 0.459 e. The second-order valence-corrected chi connectivity index (χ2v) is 7.92. The van der Waals surface area contributed by atoms with Crippen molar-refractivity contribution >= 4 is 40.4 Å². The molecule has 0 aliphatic carbocycles. The molecule has 2 amide bonds. The summed E-state index contributed by atoms with van der Waals surface area (Å²) in [6, 6.07) is 10.3. The molecule has 1 aliphatic heterocycles. The van der Waals surface area contributed by atoms with Gasteiger partial charge in [-0.15, -0.1) is 10.2 Å². The van der Waals surface area contributed by atoms with Crippen molar-refractivity contribution in [2.45, 2.75) is 18.8 Å². The van der Waals surface area contributed by atoms with E-state index < -0.39 is 0 Å². The molecule has 3 aromatic rings. The average molecular weight is 417 g/mol. The summed E-state index contributed by atoms with van der Waals surface area (Å²) in [6.07, 6.45) is 3.25. The van der Waals surface area contributed by atoms with Gasteiger partial charge in [-0.3, -0.25) is 9.59 Å². The summed E-state index contributed by atoms with van der Waals surface area (Å²) in [4.78, 5) is 26.7. The highest BCUT2D eigenvalue weighted by Gasteiger charge is 2.29. The molecule has 3 heterocycles. The zero-order chi connectivity index (χ0) is 19.5. The molecule has 0 radical (unpaired) electrons. The van der Waals surface area contributed by atoms with Crippen molar-refractivity contribution in [1.29, 1.82) is 0 Å². The van der Waals surface area contributed by atoms with Gasteiger partial charge < -0.3 is 14.6 Å². The van der Waals surface area contributed by atoms with Gasteiger partial charge in [-0.25, -0.2) is 0 Å². The number of halogens is 1. The lowest BCUT2D eigenvalue weighted by molar-refractivity contribution is 0.0674. The normalized spacial score (nSPS) is 16.8. The maximum Gasteiger partial charge on any atom is 0.289 e. The van der Waals surface area contributed by atoms with Crippen molar-refractivity contribution in [2.75, 3.05) is 18.4 Å². The van der Waals surface area contributed by atoms with Crippen LogP contribution < -0.4 is 5.32 Å². The Kier molecular flexibility index (Phi) is 5.40. The van der Waals surface area contributed by atoms with E-state index in [1.54, 1.807) is 41.3 Å². The molecule has 0 bridgehead atoms. The number of nitrogens with zero attached hydrogens (tertiary/aromatic N) is 3. The van der Waals surface area contributed by atoms with Crippen LogP contribution in [0.3, 0.4) is 0 Å². The number of benzene rings is 1. The standard InChI is InChI=1S/C19H17ClN4O3S/c20-13-5-1-6-14(10-13)21-16(25)18-23-22-17(28-18)12-4-2-8-24(11-12)19(26)15-7-3-9-27-15/h1,3,5-7,9-10,12H,2,4,8,11H2,(H,21,25). The summed E-state index contributed by atoms with van der Waals surface area (Å²) in [5, 5.41) is 12.6. The van der Waals surface area contributed by atoms with Crippen molar-refractivity contribution < 1.29 is 14.0 Å². The van der Waals surface area contributed by atoms with Crippen molar-refractivity contribution in [2.24, 2.45) is 0 Å². The summed E-state index contributed by atoms with van der Waals surface area (Å²) in [5.74, 6) is -0.0686. The molecule has 4 rings (SSSR count). The molecular weight excluding hydrogens is 400 g/mol. The molecule has 1 atom stereocenters. The first kappa shape index (κ1) is 18.6. The zero-order valence-corrected chi connectivity index (χ0v) is 16.4. The van der Waals surface area contributed by atoms with Crippen LogP contribution in [0.1, 0.15) is 44.1 Å². The Morgan fingerprint density at radius 1 is 1.25 bits per heavy atom. The number of nitrogens with one attached hydrogen (secondary N) is 1. The molecule has 1 aliphatic rings. The van der Waals surface area contributed by atoms with E-state index >= 15 is 0 Å². The summed E-state index contributed by atoms with van der Waals surface area (Å²) in [5.41, 5.74) is 0.599. The van der Waals surface area contributed by atoms with Crippen LogP contribution in [0.25, 0.3) is 0 Å². The highest BCUT2D eigenvalue weighted by Crippen LogP contribution is 2.30. The molecule has 1 N–H and O–H groups in total. The molecule has 144 valence electrons. The number of anilines is 1. The molecule has 1 fully saturated rings. The van der Waals surface area contributed by atoms with Gasteiger partial charge in [0, 0.05) is 29.7 Å². The van der Waals surface area contributed by atoms with Crippen molar-refractivity contribution in [3.05, 3.63) is 63.5 Å². The smallest absolute Gasteiger partial charge is 0.289 e. The van der Waals surface area contributed by atoms with Crippen LogP contribution in [0.5, 0.6) is 0 Å². The van der Waals surface area contributed by atoms with Gasteiger partial charge in [0.2, 0.25) is 5.01 Å². The molecule has 28 heavy (non-hydrogen) atoms. The molecule has 9 heteroatoms. The molecule has 1 unspecified atom stereocenters. The van der Waals surface area contributed by atoms with E-state index in [1.165, 1.54) is 17.6 Å². The highest BCUT2D eigenvalue weighted by molar-refractivity contribution is 7.13. The van der Waals surface area contributed by atoms with Crippen LogP contribution in [0.4, 0.5) is 5.69 Å². The number of piperidine rings is 1. The Morgan fingerprint density at radius 3 is 2.93 bits per heavy atom. The van der Waals surface area contributed by atoms with Gasteiger partial charge in [0.05, 0.1) is 6.26 Å². The number of hydrogen-bond donors (Lipinski definition) is 1. The molecular formula is C19H17ClN4O3S. The third kappa shape index (κ3) is 4.07. The van der Waals surface area contributed by atoms with Gasteiger partial charge in [0.25, 0.3) is 11.8 Å². The van der Waals surface area contributed by atoms with E-state index in [2.05, 4.69) is 15.5 Å². The number of aromatic nitrogens is 2. The summed E-state index contributed by atoms with van der Waals surface area (Å²) >= 11 is 7.19. The van der Waals surface area contributed by atoms with Crippen molar-refractivity contribution in [3.63, 3.8) is 0 Å². The van der Waals surface area contributed by atoms with E-state index in [9.17, 15) is 9.59 Å². The first-order valence-corrected chi connectivity index (χ1v) is 10.0. The Hall–Kier alpha value is -2.71. The fraction of sp³-hybridized carbons (Fsp3) is 0.263. The number of rotatable bonds is 4. The number of amides is 2. The summed E-state index contributed by atoms with van der Waals surface area (Å²) in [6.45, 7) is 1.21. The Bertz CT molecular complexity index is 989. The first-order chi connectivity index (χ1) is 13.6. The SMILES string of the molecule is O=C(Nc1cccc(Cl)c1)c1nnc(C2CCCN(C(=O)c3ccco3)C2)s1. The number of carbonyl (C=O) groups excluding carboxylic acids is 2. The number of furan rings is 1. The van der Waals surface area contributed by atoms with E-state index in [4.69, 9.17) is 16.0 Å². The topological polar surface area (TPSA) is 88.3 Å². The minimum Gasteiger partial charge on any atom is -0.459 e. The summed E-state index contributed by atoms with van der Waals surface area (Å²) < 4.78 is 5.21. The van der Waals surface area contributed by atoms with E-state index in [0.29, 0.717) is 29.6 Å². The third-order valence-corrected chi connectivity index (χ3v) is 5.83. The van der Waals surface area contributed by atoms with Gasteiger partial charge in [-0.05, 0) is 43.2 Å². The van der Waals surface area contributed by atoms with Gasteiger partial charge >= 0.3 is 0 Å². The molecule has 7 nitrogen and oxygen atoms in total. The minimum atomic E-state index is -0.328. The number of likely N-dealkylation sites (tertiary alicyclic amines) is 1. The fourth-order valence-electron chi connectivity index (χ4n) is 3.16. The Labute approximate surface area is 170 Å². The van der Waals surface area contributed by atoms with Crippen LogP contribution in [-0.4, -0.2) is 40.0 Å². The maximum atomic E-state index is 12.5. The lowest BCUT2D eigenvalue weighted by Crippen LogP contribution is -2.38. The monoisotopic (exact) mass is 416 g/mol. The van der Waals surface area contributed by atoms with E-state index in [0.717, 1.165) is 17.8 Å². The first-order valence-electron chi connectivity index (χ1n) is 8.83. The van der Waals surface area contributed by atoms with Crippen LogP contribution in [0, 0.1) is 0 Å². The van der Waals surface area contributed by atoms with Gasteiger partial charge in [-0.2, -0.15) is 0 Å². The second kappa shape index (κ2) is 8.12. The Balaban J connectivity index is 1.43. The average Bonchev–Trinajstić information content (AvgIpc) is 3.40. The van der Waals surface area contributed by atoms with Crippen molar-refractivity contribution in [3.8, 4) is 0 Å².